The van der Waals surface area contributed by atoms with E-state index in [1.807, 2.05) is 0 Å². The van der Waals surface area contributed by atoms with Gasteiger partial charge in [0, 0.05) is 13.2 Å². The van der Waals surface area contributed by atoms with Gasteiger partial charge in [0.1, 0.15) is 0 Å². The Morgan fingerprint density at radius 2 is 0.917 bits per heavy atom. The normalized spacial score (nSPS) is 12.0. The van der Waals surface area contributed by atoms with Crippen LogP contribution in [0.2, 0.25) is 0 Å². The second-order valence-corrected chi connectivity index (χ2v) is 2.31. The summed E-state index contributed by atoms with van der Waals surface area (Å²) >= 11 is 0. The first-order valence-corrected chi connectivity index (χ1v) is 4.26. The largest absolute Gasteiger partial charge is 0.396 e. The van der Waals surface area contributed by atoms with E-state index in [1.165, 1.54) is 19.3 Å². The van der Waals surface area contributed by atoms with Crippen LogP contribution in [-0.4, -0.2) is 46.9 Å². The van der Waals surface area contributed by atoms with Gasteiger partial charge in [-0.3, -0.25) is 0 Å². The van der Waals surface area contributed by atoms with Crippen molar-refractivity contribution in [3.05, 3.63) is 0 Å². The molecule has 0 spiro atoms. The Kier molecular flexibility index (Phi) is 20.4. The standard InChI is InChI=1S/C3H8O2.C3H6.C2H6O2/c4-2-1-3-5;1-2-3-1;3-1-2-4/h4-5H,1-3H2;1-3H2;3-4H,1-2H2. The average Bonchev–Trinajstić information content (AvgIpc) is 2.92. The third-order valence-corrected chi connectivity index (χ3v) is 0.770. The van der Waals surface area contributed by atoms with E-state index >= 15 is 0 Å². The van der Waals surface area contributed by atoms with Gasteiger partial charge in [-0.1, -0.05) is 19.3 Å². The van der Waals surface area contributed by atoms with Gasteiger partial charge in [-0.2, -0.15) is 0 Å². The van der Waals surface area contributed by atoms with Crippen molar-refractivity contribution >= 4 is 0 Å². The Bertz CT molecular complexity index is 50.3. The number of hydrogen-bond donors (Lipinski definition) is 4. The fraction of sp³-hybridized carbons (Fsp3) is 1.00. The molecule has 0 radical (unpaired) electrons. The molecule has 0 bridgehead atoms. The molecule has 0 atom stereocenters. The summed E-state index contributed by atoms with van der Waals surface area (Å²) in [7, 11) is 0. The van der Waals surface area contributed by atoms with Crippen LogP contribution in [0.25, 0.3) is 0 Å². The molecule has 12 heavy (non-hydrogen) atoms. The van der Waals surface area contributed by atoms with Crippen LogP contribution in [-0.2, 0) is 0 Å². The predicted octanol–water partition coefficient (Wildman–Crippen LogP) is -0.498. The molecule has 0 saturated heterocycles. The van der Waals surface area contributed by atoms with Gasteiger partial charge >= 0.3 is 0 Å². The van der Waals surface area contributed by atoms with Gasteiger partial charge in [0.15, 0.2) is 0 Å². The zero-order valence-corrected chi connectivity index (χ0v) is 7.45. The summed E-state index contributed by atoms with van der Waals surface area (Å²) in [4.78, 5) is 0. The fourth-order valence-electron chi connectivity index (χ4n) is 0.0707. The van der Waals surface area contributed by atoms with Crippen LogP contribution in [0, 0.1) is 0 Å². The van der Waals surface area contributed by atoms with Gasteiger partial charge in [-0.15, -0.1) is 0 Å². The highest BCUT2D eigenvalue weighted by atomic mass is 16.3. The molecule has 1 rings (SSSR count). The van der Waals surface area contributed by atoms with Crippen LogP contribution < -0.4 is 0 Å². The van der Waals surface area contributed by atoms with E-state index in [0.29, 0.717) is 6.42 Å². The summed E-state index contributed by atoms with van der Waals surface area (Å²) in [6.45, 7) is -0.0625. The molecule has 1 saturated carbocycles. The molecule has 4 nitrogen and oxygen atoms in total. The third kappa shape index (κ3) is 52.1. The van der Waals surface area contributed by atoms with Crippen molar-refractivity contribution in [3.8, 4) is 0 Å². The second-order valence-electron chi connectivity index (χ2n) is 2.31. The summed E-state index contributed by atoms with van der Waals surface area (Å²) in [5, 5.41) is 31.1. The SMILES string of the molecule is C1CC1.OCCCO.OCCO. The van der Waals surface area contributed by atoms with Gasteiger partial charge in [0.05, 0.1) is 13.2 Å². The molecule has 0 amide bonds. The van der Waals surface area contributed by atoms with Crippen LogP contribution in [0.5, 0.6) is 0 Å². The molecular formula is C8H20O4. The zero-order valence-electron chi connectivity index (χ0n) is 7.45. The molecule has 1 aliphatic carbocycles. The fourth-order valence-corrected chi connectivity index (χ4v) is 0.0707. The summed E-state index contributed by atoms with van der Waals surface area (Å²) in [6.07, 6.45) is 5.00. The first-order valence-electron chi connectivity index (χ1n) is 4.26. The number of rotatable bonds is 3. The molecule has 4 heteroatoms. The Labute approximate surface area is 73.5 Å². The second kappa shape index (κ2) is 17.1. The van der Waals surface area contributed by atoms with Crippen molar-refractivity contribution in [2.75, 3.05) is 26.4 Å². The predicted molar refractivity (Wildman–Crippen MR) is 46.8 cm³/mol. The van der Waals surface area contributed by atoms with Crippen molar-refractivity contribution < 1.29 is 20.4 Å². The molecule has 76 valence electrons. The highest BCUT2D eigenvalue weighted by Gasteiger charge is 1.95. The molecular weight excluding hydrogens is 160 g/mol. The smallest absolute Gasteiger partial charge is 0.0662 e. The summed E-state index contributed by atoms with van der Waals surface area (Å²) in [5.74, 6) is 0. The van der Waals surface area contributed by atoms with E-state index in [4.69, 9.17) is 20.4 Å². The molecule has 0 aliphatic heterocycles. The van der Waals surface area contributed by atoms with Crippen molar-refractivity contribution in [2.45, 2.75) is 25.7 Å². The van der Waals surface area contributed by atoms with Crippen LogP contribution >= 0.6 is 0 Å². The Morgan fingerprint density at radius 3 is 0.917 bits per heavy atom. The average molecular weight is 180 g/mol. The van der Waals surface area contributed by atoms with E-state index in [2.05, 4.69) is 0 Å². The van der Waals surface area contributed by atoms with Crippen LogP contribution in [0.3, 0.4) is 0 Å². The van der Waals surface area contributed by atoms with Gasteiger partial charge in [0.25, 0.3) is 0 Å². The summed E-state index contributed by atoms with van der Waals surface area (Å²) in [6, 6.07) is 0. The first kappa shape index (κ1) is 14.4. The molecule has 0 aromatic carbocycles. The van der Waals surface area contributed by atoms with Gasteiger partial charge in [-0.25, -0.2) is 0 Å². The Hall–Kier alpha value is -0.160. The molecule has 4 N–H and O–H groups in total. The van der Waals surface area contributed by atoms with E-state index in [-0.39, 0.29) is 26.4 Å². The zero-order chi connectivity index (χ0) is 9.66. The number of hydrogen-bond acceptors (Lipinski definition) is 4. The third-order valence-electron chi connectivity index (χ3n) is 0.770. The maximum absolute atomic E-state index is 7.91. The van der Waals surface area contributed by atoms with Gasteiger partial charge in [0.2, 0.25) is 0 Å². The quantitative estimate of drug-likeness (QED) is 0.472. The van der Waals surface area contributed by atoms with Crippen LogP contribution in [0.4, 0.5) is 0 Å². The molecule has 1 aliphatic rings. The molecule has 0 unspecified atom stereocenters. The summed E-state index contributed by atoms with van der Waals surface area (Å²) in [5.41, 5.74) is 0. The molecule has 0 aromatic rings. The minimum Gasteiger partial charge on any atom is -0.396 e. The molecule has 0 heterocycles. The van der Waals surface area contributed by atoms with Crippen molar-refractivity contribution in [2.24, 2.45) is 0 Å². The van der Waals surface area contributed by atoms with Gasteiger partial charge < -0.3 is 20.4 Å². The number of aliphatic hydroxyl groups is 4. The Balaban J connectivity index is 0. The van der Waals surface area contributed by atoms with Crippen molar-refractivity contribution in [1.82, 2.24) is 0 Å². The van der Waals surface area contributed by atoms with E-state index < -0.39 is 0 Å². The lowest BCUT2D eigenvalue weighted by molar-refractivity contribution is 0.186. The maximum atomic E-state index is 7.91. The minimum atomic E-state index is -0.125. The van der Waals surface area contributed by atoms with Gasteiger partial charge in [-0.05, 0) is 6.42 Å². The monoisotopic (exact) mass is 180 g/mol. The highest BCUT2D eigenvalue weighted by Crippen LogP contribution is 2.14. The molecule has 0 aromatic heterocycles. The van der Waals surface area contributed by atoms with E-state index in [9.17, 15) is 0 Å². The lowest BCUT2D eigenvalue weighted by Crippen LogP contribution is -1.85. The van der Waals surface area contributed by atoms with E-state index in [0.717, 1.165) is 0 Å². The van der Waals surface area contributed by atoms with E-state index in [1.54, 1.807) is 0 Å². The summed E-state index contributed by atoms with van der Waals surface area (Å²) < 4.78 is 0. The highest BCUT2D eigenvalue weighted by molar-refractivity contribution is 4.50. The Morgan fingerprint density at radius 1 is 0.583 bits per heavy atom. The maximum Gasteiger partial charge on any atom is 0.0662 e. The van der Waals surface area contributed by atoms with Crippen molar-refractivity contribution in [1.29, 1.82) is 0 Å². The van der Waals surface area contributed by atoms with Crippen LogP contribution in [0.15, 0.2) is 0 Å². The lowest BCUT2D eigenvalue weighted by Gasteiger charge is -1.79. The topological polar surface area (TPSA) is 80.9 Å². The minimum absolute atomic E-state index is 0.0938. The first-order chi connectivity index (χ1) is 5.83. The van der Waals surface area contributed by atoms with Crippen LogP contribution in [0.1, 0.15) is 25.7 Å². The lowest BCUT2D eigenvalue weighted by atomic mass is 10.5. The van der Waals surface area contributed by atoms with Crippen molar-refractivity contribution in [3.63, 3.8) is 0 Å². The molecule has 1 fully saturated rings. The number of aliphatic hydroxyl groups excluding tert-OH is 4.